The molecule has 11 nitrogen and oxygen atoms in total. The lowest BCUT2D eigenvalue weighted by Gasteiger charge is -2.11. The average Bonchev–Trinajstić information content (AvgIpc) is 3.57. The number of fused-ring (bicyclic) bond motifs is 1. The number of aromatic amines is 2. The van der Waals surface area contributed by atoms with E-state index in [1.54, 1.807) is 7.11 Å². The first-order valence-corrected chi connectivity index (χ1v) is 12.2. The Labute approximate surface area is 212 Å². The van der Waals surface area contributed by atoms with E-state index in [1.807, 2.05) is 53.1 Å². The molecule has 190 valence electrons. The molecule has 0 unspecified atom stereocenters. The highest BCUT2D eigenvalue weighted by Crippen LogP contribution is 2.30. The Bertz CT molecular complexity index is 1610. The first kappa shape index (κ1) is 24.3. The number of imidazole rings is 1. The van der Waals surface area contributed by atoms with Crippen LogP contribution in [-0.4, -0.2) is 53.4 Å². The van der Waals surface area contributed by atoms with Gasteiger partial charge in [0.2, 0.25) is 5.82 Å². The lowest BCUT2D eigenvalue weighted by molar-refractivity contribution is 0.187. The van der Waals surface area contributed by atoms with Crippen LogP contribution >= 0.6 is 0 Å². The fraction of sp³-hybridized carbons (Fsp3) is 0.308. The third kappa shape index (κ3) is 4.85. The smallest absolute Gasteiger partial charge is 0.330 e. The van der Waals surface area contributed by atoms with Crippen molar-refractivity contribution in [3.05, 3.63) is 80.8 Å². The van der Waals surface area contributed by atoms with Crippen LogP contribution in [-0.2, 0) is 24.2 Å². The molecule has 5 rings (SSSR count). The third-order valence-corrected chi connectivity index (χ3v) is 6.36. The predicted molar refractivity (Wildman–Crippen MR) is 139 cm³/mol. The molecule has 2 N–H and O–H groups in total. The standard InChI is InChI=1S/C26H28N8O3/c1-3-4-9-21-27-24-22(25(35)28-26(36)33(24)14-15-37-2)34(21)16-17-10-12-18(13-11-17)19-7-5-6-8-20(19)23-29-31-32-30-23/h5-8,10-13H,3-4,9,14-16H2,1-2H3,(H,28,35,36)(H,29,30,31,32). The summed E-state index contributed by atoms with van der Waals surface area (Å²) in [5.41, 5.74) is 3.76. The van der Waals surface area contributed by atoms with E-state index in [2.05, 4.69) is 32.5 Å². The van der Waals surface area contributed by atoms with Crippen LogP contribution in [0.25, 0.3) is 33.7 Å². The van der Waals surface area contributed by atoms with Gasteiger partial charge in [-0.2, -0.15) is 5.21 Å². The van der Waals surface area contributed by atoms with Crippen LogP contribution < -0.4 is 11.2 Å². The van der Waals surface area contributed by atoms with Crippen molar-refractivity contribution in [2.75, 3.05) is 13.7 Å². The van der Waals surface area contributed by atoms with Gasteiger partial charge in [0.05, 0.1) is 13.2 Å². The topological polar surface area (TPSA) is 136 Å². The Morgan fingerprint density at radius 3 is 2.49 bits per heavy atom. The number of aryl methyl sites for hydroxylation is 1. The van der Waals surface area contributed by atoms with Crippen LogP contribution in [0.2, 0.25) is 0 Å². The van der Waals surface area contributed by atoms with Crippen molar-refractivity contribution in [2.24, 2.45) is 0 Å². The van der Waals surface area contributed by atoms with Crippen molar-refractivity contribution in [3.8, 4) is 22.5 Å². The number of nitrogens with zero attached hydrogens (tertiary/aromatic N) is 6. The summed E-state index contributed by atoms with van der Waals surface area (Å²) in [4.78, 5) is 32.7. The predicted octanol–water partition coefficient (Wildman–Crippen LogP) is 2.77. The second-order valence-corrected chi connectivity index (χ2v) is 8.77. The minimum absolute atomic E-state index is 0.307. The maximum absolute atomic E-state index is 12.9. The molecule has 11 heteroatoms. The molecule has 0 bridgehead atoms. The molecule has 3 aromatic heterocycles. The molecule has 3 heterocycles. The van der Waals surface area contributed by atoms with Gasteiger partial charge in [-0.05, 0) is 28.3 Å². The first-order valence-electron chi connectivity index (χ1n) is 12.2. The number of methoxy groups -OCH3 is 1. The fourth-order valence-corrected chi connectivity index (χ4v) is 4.48. The van der Waals surface area contributed by atoms with Crippen molar-refractivity contribution >= 4 is 11.2 Å². The Hall–Kier alpha value is -4.38. The maximum atomic E-state index is 12.9. The SMILES string of the molecule is CCCCc1nc2c(c(=O)[nH]c(=O)n2CCOC)n1Cc1ccc(-c2ccccc2-c2nn[nH]n2)cc1. The van der Waals surface area contributed by atoms with Crippen molar-refractivity contribution in [3.63, 3.8) is 0 Å². The van der Waals surface area contributed by atoms with Crippen LogP contribution in [0.3, 0.4) is 0 Å². The van der Waals surface area contributed by atoms with E-state index < -0.39 is 11.2 Å². The molecular formula is C26H28N8O3. The summed E-state index contributed by atoms with van der Waals surface area (Å²) < 4.78 is 8.56. The number of benzene rings is 2. The van der Waals surface area contributed by atoms with Crippen LogP contribution in [0, 0.1) is 0 Å². The summed E-state index contributed by atoms with van der Waals surface area (Å²) in [5, 5.41) is 14.4. The molecule has 0 atom stereocenters. The van der Waals surface area contributed by atoms with Crippen molar-refractivity contribution in [1.29, 1.82) is 0 Å². The summed E-state index contributed by atoms with van der Waals surface area (Å²) >= 11 is 0. The zero-order valence-electron chi connectivity index (χ0n) is 20.8. The molecule has 0 saturated heterocycles. The second kappa shape index (κ2) is 10.7. The number of nitrogens with one attached hydrogen (secondary N) is 2. The fourth-order valence-electron chi connectivity index (χ4n) is 4.48. The Morgan fingerprint density at radius 2 is 1.78 bits per heavy atom. The number of H-pyrrole nitrogens is 2. The number of unbranched alkanes of at least 4 members (excludes halogenated alkanes) is 1. The first-order chi connectivity index (χ1) is 18.1. The summed E-state index contributed by atoms with van der Waals surface area (Å²) in [6.07, 6.45) is 2.62. The number of aromatic nitrogens is 8. The lowest BCUT2D eigenvalue weighted by atomic mass is 9.98. The van der Waals surface area contributed by atoms with Gasteiger partial charge in [-0.25, -0.2) is 9.78 Å². The van der Waals surface area contributed by atoms with E-state index in [0.29, 0.717) is 43.1 Å². The summed E-state index contributed by atoms with van der Waals surface area (Å²) in [6.45, 7) is 3.21. The van der Waals surface area contributed by atoms with Gasteiger partial charge in [0, 0.05) is 25.6 Å². The molecule has 0 radical (unpaired) electrons. The molecule has 37 heavy (non-hydrogen) atoms. The van der Waals surface area contributed by atoms with Crippen LogP contribution in [0.15, 0.2) is 58.1 Å². The molecular weight excluding hydrogens is 472 g/mol. The Kier molecular flexibility index (Phi) is 7.04. The van der Waals surface area contributed by atoms with Gasteiger partial charge in [0.1, 0.15) is 5.82 Å². The highest BCUT2D eigenvalue weighted by Gasteiger charge is 2.19. The molecule has 0 aliphatic rings. The lowest BCUT2D eigenvalue weighted by Crippen LogP contribution is -2.32. The van der Waals surface area contributed by atoms with Crippen molar-refractivity contribution in [2.45, 2.75) is 39.3 Å². The van der Waals surface area contributed by atoms with E-state index >= 15 is 0 Å². The third-order valence-electron chi connectivity index (χ3n) is 6.36. The minimum atomic E-state index is -0.481. The molecule has 0 fully saturated rings. The zero-order chi connectivity index (χ0) is 25.8. The number of hydrogen-bond acceptors (Lipinski definition) is 7. The van der Waals surface area contributed by atoms with Gasteiger partial charge in [-0.1, -0.05) is 61.9 Å². The van der Waals surface area contributed by atoms with E-state index in [1.165, 1.54) is 4.57 Å². The zero-order valence-corrected chi connectivity index (χ0v) is 20.8. The largest absolute Gasteiger partial charge is 0.383 e. The molecule has 0 aliphatic heterocycles. The normalized spacial score (nSPS) is 11.4. The number of hydrogen-bond donors (Lipinski definition) is 2. The van der Waals surface area contributed by atoms with Gasteiger partial charge < -0.3 is 9.30 Å². The van der Waals surface area contributed by atoms with Gasteiger partial charge in [-0.15, -0.1) is 10.2 Å². The van der Waals surface area contributed by atoms with Gasteiger partial charge in [-0.3, -0.25) is 14.3 Å². The maximum Gasteiger partial charge on any atom is 0.330 e. The van der Waals surface area contributed by atoms with Gasteiger partial charge >= 0.3 is 5.69 Å². The van der Waals surface area contributed by atoms with Gasteiger partial charge in [0.25, 0.3) is 5.56 Å². The molecule has 0 saturated carbocycles. The molecule has 2 aromatic carbocycles. The van der Waals surface area contributed by atoms with E-state index in [0.717, 1.165) is 40.9 Å². The van der Waals surface area contributed by atoms with Crippen LogP contribution in [0.5, 0.6) is 0 Å². The molecule has 5 aromatic rings. The van der Waals surface area contributed by atoms with E-state index in [-0.39, 0.29) is 0 Å². The van der Waals surface area contributed by atoms with Crippen molar-refractivity contribution in [1.82, 2.24) is 39.7 Å². The Balaban J connectivity index is 1.53. The highest BCUT2D eigenvalue weighted by atomic mass is 16.5. The van der Waals surface area contributed by atoms with Crippen LogP contribution in [0.4, 0.5) is 0 Å². The number of ether oxygens (including phenoxy) is 1. The molecule has 0 aliphatic carbocycles. The van der Waals surface area contributed by atoms with Gasteiger partial charge in [0.15, 0.2) is 11.2 Å². The highest BCUT2D eigenvalue weighted by molar-refractivity contribution is 5.80. The number of tetrazole rings is 1. The summed E-state index contributed by atoms with van der Waals surface area (Å²) in [6, 6.07) is 16.0. The second-order valence-electron chi connectivity index (χ2n) is 8.77. The van der Waals surface area contributed by atoms with E-state index in [9.17, 15) is 9.59 Å². The average molecular weight is 501 g/mol. The molecule has 0 spiro atoms. The quantitative estimate of drug-likeness (QED) is 0.301. The minimum Gasteiger partial charge on any atom is -0.383 e. The van der Waals surface area contributed by atoms with Crippen LogP contribution in [0.1, 0.15) is 31.2 Å². The molecule has 0 amide bonds. The van der Waals surface area contributed by atoms with E-state index in [4.69, 9.17) is 9.72 Å². The summed E-state index contributed by atoms with van der Waals surface area (Å²) in [5.74, 6) is 1.31. The number of rotatable bonds is 10. The van der Waals surface area contributed by atoms with Crippen molar-refractivity contribution < 1.29 is 4.74 Å². The Morgan fingerprint density at radius 1 is 1.00 bits per heavy atom. The monoisotopic (exact) mass is 500 g/mol. The summed E-state index contributed by atoms with van der Waals surface area (Å²) in [7, 11) is 1.57.